The van der Waals surface area contributed by atoms with Crippen molar-refractivity contribution in [3.63, 3.8) is 0 Å². The second-order valence-corrected chi connectivity index (χ2v) is 5.62. The van der Waals surface area contributed by atoms with Gasteiger partial charge in [-0.3, -0.25) is 4.79 Å². The second-order valence-electron chi connectivity index (χ2n) is 5.62. The number of aryl methyl sites for hydroxylation is 1. The Morgan fingerprint density at radius 2 is 2.05 bits per heavy atom. The molecule has 4 N–H and O–H groups in total. The third-order valence-corrected chi connectivity index (χ3v) is 3.89. The van der Waals surface area contributed by atoms with Gasteiger partial charge in [0.05, 0.1) is 11.4 Å². The smallest absolute Gasteiger partial charge is 0.224 e. The molecule has 2 aromatic rings. The number of hydrogen-bond acceptors (Lipinski definition) is 3. The van der Waals surface area contributed by atoms with Crippen molar-refractivity contribution in [2.75, 3.05) is 16.4 Å². The molecule has 0 radical (unpaired) electrons. The zero-order valence-corrected chi connectivity index (χ0v) is 12.2. The van der Waals surface area contributed by atoms with Gasteiger partial charge in [-0.05, 0) is 48.2 Å². The monoisotopic (exact) mass is 281 g/mol. The van der Waals surface area contributed by atoms with Crippen molar-refractivity contribution in [2.45, 2.75) is 26.2 Å². The summed E-state index contributed by atoms with van der Waals surface area (Å²) < 4.78 is 0. The van der Waals surface area contributed by atoms with E-state index in [1.54, 1.807) is 0 Å². The Morgan fingerprint density at radius 3 is 2.81 bits per heavy atom. The number of benzene rings is 2. The Bertz CT molecular complexity index is 709. The predicted molar refractivity (Wildman–Crippen MR) is 87.0 cm³/mol. The highest BCUT2D eigenvalue weighted by molar-refractivity contribution is 5.96. The Morgan fingerprint density at radius 1 is 1.29 bits per heavy atom. The van der Waals surface area contributed by atoms with E-state index in [1.165, 1.54) is 5.56 Å². The molecule has 4 nitrogen and oxygen atoms in total. The lowest BCUT2D eigenvalue weighted by Gasteiger charge is -2.25. The summed E-state index contributed by atoms with van der Waals surface area (Å²) in [6.45, 7) is 4.09. The van der Waals surface area contributed by atoms with Crippen LogP contribution in [0.3, 0.4) is 0 Å². The number of hydrogen-bond donors (Lipinski definition) is 3. The number of carbonyl (C=O) groups excluding carboxylic acids is 1. The number of nitrogens with two attached hydrogens (primary N) is 1. The van der Waals surface area contributed by atoms with Crippen molar-refractivity contribution in [3.8, 4) is 0 Å². The first-order chi connectivity index (χ1) is 10.0. The quantitative estimate of drug-likeness (QED) is 0.734. The van der Waals surface area contributed by atoms with Gasteiger partial charge in [0.25, 0.3) is 0 Å². The molecular weight excluding hydrogens is 262 g/mol. The van der Waals surface area contributed by atoms with Gasteiger partial charge in [-0.25, -0.2) is 0 Å². The number of rotatable bonds is 2. The highest BCUT2D eigenvalue weighted by Crippen LogP contribution is 2.37. The van der Waals surface area contributed by atoms with Crippen LogP contribution in [0.25, 0.3) is 0 Å². The van der Waals surface area contributed by atoms with Gasteiger partial charge in [0.2, 0.25) is 5.91 Å². The molecule has 0 saturated carbocycles. The number of anilines is 4. The normalized spacial score (nSPS) is 17.0. The van der Waals surface area contributed by atoms with Crippen LogP contribution in [0.1, 0.15) is 30.4 Å². The first-order valence-corrected chi connectivity index (χ1v) is 7.10. The van der Waals surface area contributed by atoms with Gasteiger partial charge in [0.1, 0.15) is 0 Å². The minimum Gasteiger partial charge on any atom is -0.397 e. The maximum Gasteiger partial charge on any atom is 0.224 e. The molecular formula is C17H19N3O. The fourth-order valence-corrected chi connectivity index (χ4v) is 2.79. The van der Waals surface area contributed by atoms with Crippen LogP contribution in [0, 0.1) is 6.92 Å². The van der Waals surface area contributed by atoms with Crippen LogP contribution in [0.4, 0.5) is 22.7 Å². The Labute approximate surface area is 124 Å². The van der Waals surface area contributed by atoms with Crippen molar-refractivity contribution in [1.29, 1.82) is 0 Å². The fourth-order valence-electron chi connectivity index (χ4n) is 2.79. The van der Waals surface area contributed by atoms with Crippen molar-refractivity contribution in [3.05, 3.63) is 47.5 Å². The summed E-state index contributed by atoms with van der Waals surface area (Å²) in [4.78, 5) is 11.7. The number of para-hydroxylation sites is 2. The summed E-state index contributed by atoms with van der Waals surface area (Å²) in [5, 5.41) is 6.33. The molecule has 1 aliphatic rings. The molecule has 0 spiro atoms. The van der Waals surface area contributed by atoms with Crippen LogP contribution in [-0.2, 0) is 4.79 Å². The molecule has 1 unspecified atom stereocenters. The van der Waals surface area contributed by atoms with Gasteiger partial charge in [0.15, 0.2) is 0 Å². The molecule has 3 rings (SSSR count). The number of nitrogens with one attached hydrogen (secondary N) is 2. The molecule has 1 heterocycles. The molecule has 1 amide bonds. The van der Waals surface area contributed by atoms with Gasteiger partial charge >= 0.3 is 0 Å². The highest BCUT2D eigenvalue weighted by Gasteiger charge is 2.23. The lowest BCUT2D eigenvalue weighted by atomic mass is 9.90. The van der Waals surface area contributed by atoms with E-state index in [9.17, 15) is 4.79 Å². The second kappa shape index (κ2) is 5.13. The Hall–Kier alpha value is -2.49. The van der Waals surface area contributed by atoms with Gasteiger partial charge in [-0.2, -0.15) is 0 Å². The molecule has 0 aliphatic carbocycles. The molecule has 21 heavy (non-hydrogen) atoms. The molecule has 0 bridgehead atoms. The third-order valence-electron chi connectivity index (χ3n) is 3.89. The molecule has 108 valence electrons. The van der Waals surface area contributed by atoms with Gasteiger partial charge in [0, 0.05) is 17.8 Å². The first kappa shape index (κ1) is 13.5. The Kier molecular flexibility index (Phi) is 3.29. The molecule has 0 aromatic heterocycles. The van der Waals surface area contributed by atoms with Crippen LogP contribution >= 0.6 is 0 Å². The minimum atomic E-state index is 0.0890. The average Bonchev–Trinajstić information content (AvgIpc) is 2.43. The first-order valence-electron chi connectivity index (χ1n) is 7.10. The molecule has 4 heteroatoms. The fraction of sp³-hybridized carbons (Fsp3) is 0.235. The van der Waals surface area contributed by atoms with Crippen LogP contribution in [0.15, 0.2) is 36.4 Å². The minimum absolute atomic E-state index is 0.0890. The van der Waals surface area contributed by atoms with Crippen LogP contribution in [-0.4, -0.2) is 5.91 Å². The van der Waals surface area contributed by atoms with E-state index in [4.69, 9.17) is 5.73 Å². The number of carbonyl (C=O) groups is 1. The van der Waals surface area contributed by atoms with E-state index >= 15 is 0 Å². The van der Waals surface area contributed by atoms with Crippen LogP contribution in [0.5, 0.6) is 0 Å². The zero-order valence-electron chi connectivity index (χ0n) is 12.2. The number of nitrogen functional groups attached to an aromatic ring is 1. The standard InChI is InChI=1S/C17H19N3O/c1-10-8-16(21)20-17-11(2)7-12(9-13(10)17)19-15-6-4-3-5-14(15)18/h3-7,9-10,19H,8,18H2,1-2H3,(H,20,21). The van der Waals surface area contributed by atoms with Crippen LogP contribution in [0.2, 0.25) is 0 Å². The molecule has 1 aliphatic heterocycles. The van der Waals surface area contributed by atoms with Gasteiger partial charge < -0.3 is 16.4 Å². The predicted octanol–water partition coefficient (Wildman–Crippen LogP) is 3.77. The summed E-state index contributed by atoms with van der Waals surface area (Å²) >= 11 is 0. The number of amides is 1. The molecule has 0 saturated heterocycles. The molecule has 2 aromatic carbocycles. The summed E-state index contributed by atoms with van der Waals surface area (Å²) in [7, 11) is 0. The maximum atomic E-state index is 11.7. The topological polar surface area (TPSA) is 67.2 Å². The SMILES string of the molecule is Cc1cc(Nc2ccccc2N)cc2c1NC(=O)CC2C. The lowest BCUT2D eigenvalue weighted by Crippen LogP contribution is -2.22. The van der Waals surface area contributed by atoms with E-state index in [0.29, 0.717) is 12.1 Å². The van der Waals surface area contributed by atoms with Gasteiger partial charge in [-0.1, -0.05) is 19.1 Å². The largest absolute Gasteiger partial charge is 0.397 e. The third kappa shape index (κ3) is 2.57. The lowest BCUT2D eigenvalue weighted by molar-refractivity contribution is -0.116. The zero-order chi connectivity index (χ0) is 15.0. The van der Waals surface area contributed by atoms with E-state index in [-0.39, 0.29) is 11.8 Å². The molecule has 1 atom stereocenters. The van der Waals surface area contributed by atoms with E-state index in [1.807, 2.05) is 37.3 Å². The maximum absolute atomic E-state index is 11.7. The van der Waals surface area contributed by atoms with Crippen molar-refractivity contribution < 1.29 is 4.79 Å². The summed E-state index contributed by atoms with van der Waals surface area (Å²) in [6.07, 6.45) is 0.531. The van der Waals surface area contributed by atoms with E-state index in [2.05, 4.69) is 23.6 Å². The van der Waals surface area contributed by atoms with Crippen molar-refractivity contribution in [1.82, 2.24) is 0 Å². The Balaban J connectivity index is 1.99. The number of fused-ring (bicyclic) bond motifs is 1. The average molecular weight is 281 g/mol. The molecule has 0 fully saturated rings. The van der Waals surface area contributed by atoms with Crippen molar-refractivity contribution in [2.24, 2.45) is 0 Å². The van der Waals surface area contributed by atoms with Gasteiger partial charge in [-0.15, -0.1) is 0 Å². The van der Waals surface area contributed by atoms with Crippen molar-refractivity contribution >= 4 is 28.7 Å². The summed E-state index contributed by atoms with van der Waals surface area (Å²) in [5.41, 5.74) is 11.8. The summed E-state index contributed by atoms with van der Waals surface area (Å²) in [6, 6.07) is 11.8. The van der Waals surface area contributed by atoms with E-state index in [0.717, 1.165) is 22.6 Å². The van der Waals surface area contributed by atoms with E-state index < -0.39 is 0 Å². The van der Waals surface area contributed by atoms with Crippen LogP contribution < -0.4 is 16.4 Å². The highest BCUT2D eigenvalue weighted by atomic mass is 16.1. The summed E-state index contributed by atoms with van der Waals surface area (Å²) in [5.74, 6) is 0.313.